The van der Waals surface area contributed by atoms with Crippen LogP contribution < -0.4 is 10.1 Å². The number of thioether (sulfide) groups is 1. The first-order valence-electron chi connectivity index (χ1n) is 5.83. The molecule has 1 aliphatic heterocycles. The van der Waals surface area contributed by atoms with Gasteiger partial charge in [-0.1, -0.05) is 6.07 Å². The van der Waals surface area contributed by atoms with Crippen LogP contribution in [0.3, 0.4) is 0 Å². The number of nitrogens with one attached hydrogen (secondary N) is 1. The Bertz CT molecular complexity index is 450. The SMILES string of the molecule is COc1ccc(C2CC(C(=O)O)CN2)cc1SC. The number of hydrogen-bond acceptors (Lipinski definition) is 4. The summed E-state index contributed by atoms with van der Waals surface area (Å²) >= 11 is 1.63. The van der Waals surface area contributed by atoms with Gasteiger partial charge in [0.25, 0.3) is 0 Å². The summed E-state index contributed by atoms with van der Waals surface area (Å²) in [5.41, 5.74) is 1.13. The molecule has 0 amide bonds. The fraction of sp³-hybridized carbons (Fsp3) is 0.462. The Balaban J connectivity index is 2.17. The van der Waals surface area contributed by atoms with Gasteiger partial charge in [-0.3, -0.25) is 4.79 Å². The molecule has 2 unspecified atom stereocenters. The van der Waals surface area contributed by atoms with E-state index < -0.39 is 5.97 Å². The van der Waals surface area contributed by atoms with Crippen molar-refractivity contribution in [3.05, 3.63) is 23.8 Å². The zero-order valence-electron chi connectivity index (χ0n) is 10.5. The molecule has 1 saturated heterocycles. The van der Waals surface area contributed by atoms with E-state index in [9.17, 15) is 4.79 Å². The summed E-state index contributed by atoms with van der Waals surface area (Å²) in [5, 5.41) is 12.3. The van der Waals surface area contributed by atoms with Crippen molar-refractivity contribution in [1.82, 2.24) is 5.32 Å². The van der Waals surface area contributed by atoms with Gasteiger partial charge in [0.2, 0.25) is 0 Å². The Morgan fingerprint density at radius 3 is 2.89 bits per heavy atom. The van der Waals surface area contributed by atoms with Crippen LogP contribution in [-0.4, -0.2) is 31.0 Å². The van der Waals surface area contributed by atoms with E-state index in [1.54, 1.807) is 18.9 Å². The second-order valence-electron chi connectivity index (χ2n) is 4.35. The minimum absolute atomic E-state index is 0.128. The molecule has 0 aromatic heterocycles. The van der Waals surface area contributed by atoms with E-state index >= 15 is 0 Å². The predicted molar refractivity (Wildman–Crippen MR) is 71.3 cm³/mol. The molecule has 1 aliphatic rings. The summed E-state index contributed by atoms with van der Waals surface area (Å²) in [7, 11) is 1.66. The Labute approximate surface area is 111 Å². The van der Waals surface area contributed by atoms with Crippen LogP contribution in [0.25, 0.3) is 0 Å². The highest BCUT2D eigenvalue weighted by atomic mass is 32.2. The molecular formula is C13H17NO3S. The maximum Gasteiger partial charge on any atom is 0.307 e. The van der Waals surface area contributed by atoms with Crippen molar-refractivity contribution in [3.8, 4) is 5.75 Å². The zero-order chi connectivity index (χ0) is 13.1. The average Bonchev–Trinajstić information content (AvgIpc) is 2.87. The third-order valence-electron chi connectivity index (χ3n) is 3.29. The van der Waals surface area contributed by atoms with Gasteiger partial charge in [0.15, 0.2) is 0 Å². The van der Waals surface area contributed by atoms with Gasteiger partial charge in [-0.2, -0.15) is 0 Å². The molecule has 18 heavy (non-hydrogen) atoms. The van der Waals surface area contributed by atoms with Gasteiger partial charge in [-0.05, 0) is 30.4 Å². The topological polar surface area (TPSA) is 58.6 Å². The Morgan fingerprint density at radius 1 is 1.56 bits per heavy atom. The summed E-state index contributed by atoms with van der Waals surface area (Å²) in [6.07, 6.45) is 2.65. The van der Waals surface area contributed by atoms with Crippen molar-refractivity contribution >= 4 is 17.7 Å². The molecule has 0 radical (unpaired) electrons. The Hall–Kier alpha value is -1.20. The Morgan fingerprint density at radius 2 is 2.33 bits per heavy atom. The van der Waals surface area contributed by atoms with Gasteiger partial charge < -0.3 is 15.2 Å². The first kappa shape index (κ1) is 13.2. The van der Waals surface area contributed by atoms with Crippen LogP contribution >= 0.6 is 11.8 Å². The fourth-order valence-corrected chi connectivity index (χ4v) is 2.85. The molecular weight excluding hydrogens is 250 g/mol. The van der Waals surface area contributed by atoms with Crippen molar-refractivity contribution in [2.24, 2.45) is 5.92 Å². The van der Waals surface area contributed by atoms with E-state index in [1.165, 1.54) is 0 Å². The van der Waals surface area contributed by atoms with Gasteiger partial charge in [0.05, 0.1) is 13.0 Å². The van der Waals surface area contributed by atoms with Crippen molar-refractivity contribution < 1.29 is 14.6 Å². The standard InChI is InChI=1S/C13H17NO3S/c1-17-11-4-3-8(6-12(11)18-2)10-5-9(7-14-10)13(15)16/h3-4,6,9-10,14H,5,7H2,1-2H3,(H,15,16). The number of benzene rings is 1. The number of rotatable bonds is 4. The maximum atomic E-state index is 10.9. The van der Waals surface area contributed by atoms with Crippen LogP contribution in [-0.2, 0) is 4.79 Å². The van der Waals surface area contributed by atoms with Crippen LogP contribution in [0.1, 0.15) is 18.0 Å². The van der Waals surface area contributed by atoms with Crippen molar-refractivity contribution in [3.63, 3.8) is 0 Å². The molecule has 4 nitrogen and oxygen atoms in total. The lowest BCUT2D eigenvalue weighted by atomic mass is 10.00. The van der Waals surface area contributed by atoms with E-state index in [2.05, 4.69) is 11.4 Å². The van der Waals surface area contributed by atoms with Crippen molar-refractivity contribution in [2.75, 3.05) is 19.9 Å². The highest BCUT2D eigenvalue weighted by molar-refractivity contribution is 7.98. The molecule has 1 fully saturated rings. The van der Waals surface area contributed by atoms with Crippen LogP contribution in [0.5, 0.6) is 5.75 Å². The Kier molecular flexibility index (Phi) is 4.14. The smallest absolute Gasteiger partial charge is 0.307 e. The predicted octanol–water partition coefficient (Wildman–Crippen LogP) is 2.15. The molecule has 0 bridgehead atoms. The number of carbonyl (C=O) groups is 1. The second-order valence-corrected chi connectivity index (χ2v) is 5.19. The quantitative estimate of drug-likeness (QED) is 0.819. The van der Waals surface area contributed by atoms with Gasteiger partial charge >= 0.3 is 5.97 Å². The van der Waals surface area contributed by atoms with E-state index in [0.717, 1.165) is 16.2 Å². The minimum atomic E-state index is -0.719. The van der Waals surface area contributed by atoms with E-state index in [-0.39, 0.29) is 12.0 Å². The van der Waals surface area contributed by atoms with E-state index in [4.69, 9.17) is 9.84 Å². The molecule has 0 aliphatic carbocycles. The molecule has 0 saturated carbocycles. The number of ether oxygens (including phenoxy) is 1. The molecule has 2 rings (SSSR count). The van der Waals surface area contributed by atoms with Crippen LogP contribution in [0, 0.1) is 5.92 Å². The summed E-state index contributed by atoms with van der Waals surface area (Å²) in [4.78, 5) is 12.0. The van der Waals surface area contributed by atoms with E-state index in [0.29, 0.717) is 13.0 Å². The summed E-state index contributed by atoms with van der Waals surface area (Å²) in [5.74, 6) is -0.141. The molecule has 1 aromatic carbocycles. The third-order valence-corrected chi connectivity index (χ3v) is 4.05. The lowest BCUT2D eigenvalue weighted by Gasteiger charge is -2.14. The van der Waals surface area contributed by atoms with Crippen LogP contribution in [0.4, 0.5) is 0 Å². The fourth-order valence-electron chi connectivity index (χ4n) is 2.25. The molecule has 98 valence electrons. The number of aliphatic carboxylic acids is 1. The highest BCUT2D eigenvalue weighted by Gasteiger charge is 2.30. The lowest BCUT2D eigenvalue weighted by molar-refractivity contribution is -0.141. The molecule has 0 spiro atoms. The second kappa shape index (κ2) is 5.63. The van der Waals surface area contributed by atoms with Gasteiger partial charge in [0, 0.05) is 17.5 Å². The highest BCUT2D eigenvalue weighted by Crippen LogP contribution is 2.34. The van der Waals surface area contributed by atoms with Gasteiger partial charge in [-0.15, -0.1) is 11.8 Å². The summed E-state index contributed by atoms with van der Waals surface area (Å²) < 4.78 is 5.28. The maximum absolute atomic E-state index is 10.9. The number of carboxylic acid groups (broad SMARTS) is 1. The first-order valence-corrected chi connectivity index (χ1v) is 7.06. The number of carboxylic acids is 1. The van der Waals surface area contributed by atoms with Gasteiger partial charge in [0.1, 0.15) is 5.75 Å². The molecule has 2 atom stereocenters. The normalized spacial score (nSPS) is 23.0. The number of methoxy groups -OCH3 is 1. The molecule has 2 N–H and O–H groups in total. The first-order chi connectivity index (χ1) is 8.65. The number of hydrogen-bond donors (Lipinski definition) is 2. The van der Waals surface area contributed by atoms with Crippen molar-refractivity contribution in [1.29, 1.82) is 0 Å². The van der Waals surface area contributed by atoms with Crippen LogP contribution in [0.2, 0.25) is 0 Å². The molecule has 1 heterocycles. The molecule has 5 heteroatoms. The average molecular weight is 267 g/mol. The summed E-state index contributed by atoms with van der Waals surface area (Å²) in [6.45, 7) is 0.542. The monoisotopic (exact) mass is 267 g/mol. The third kappa shape index (κ3) is 2.62. The summed E-state index contributed by atoms with van der Waals surface area (Å²) in [6, 6.07) is 6.14. The van der Waals surface area contributed by atoms with E-state index in [1.807, 2.05) is 18.4 Å². The molecule has 1 aromatic rings. The largest absolute Gasteiger partial charge is 0.496 e. The van der Waals surface area contributed by atoms with Crippen LogP contribution in [0.15, 0.2) is 23.1 Å². The minimum Gasteiger partial charge on any atom is -0.496 e. The van der Waals surface area contributed by atoms with Gasteiger partial charge in [-0.25, -0.2) is 0 Å². The van der Waals surface area contributed by atoms with Crippen molar-refractivity contribution in [2.45, 2.75) is 17.4 Å². The zero-order valence-corrected chi connectivity index (χ0v) is 11.3. The lowest BCUT2D eigenvalue weighted by Crippen LogP contribution is -2.17.